The first-order valence-corrected chi connectivity index (χ1v) is 8.04. The fourth-order valence-corrected chi connectivity index (χ4v) is 2.76. The molecule has 2 aromatic rings. The highest BCUT2D eigenvalue weighted by Crippen LogP contribution is 2.17. The predicted molar refractivity (Wildman–Crippen MR) is 96.9 cm³/mol. The molecular weight excluding hydrogens is 308 g/mol. The summed E-state index contributed by atoms with van der Waals surface area (Å²) in [5.41, 5.74) is 3.71. The van der Waals surface area contributed by atoms with Gasteiger partial charge >= 0.3 is 0 Å². The summed E-state index contributed by atoms with van der Waals surface area (Å²) in [4.78, 5) is 11.4. The highest BCUT2D eigenvalue weighted by Gasteiger charge is 2.13. The maximum Gasteiger partial charge on any atom is 0.171 e. The van der Waals surface area contributed by atoms with Gasteiger partial charge in [0.05, 0.1) is 12.2 Å². The maximum absolute atomic E-state index is 11.4. The lowest BCUT2D eigenvalue weighted by Crippen LogP contribution is -2.31. The van der Waals surface area contributed by atoms with Crippen molar-refractivity contribution in [3.05, 3.63) is 47.3 Å². The second-order valence-electron chi connectivity index (χ2n) is 5.46. The molecule has 1 atom stereocenters. The minimum Gasteiger partial charge on any atom is -0.356 e. The number of Topliss-reactive ketones (excluding diaryl/α,β-unsaturated/α-hetero) is 1. The zero-order valence-electron chi connectivity index (χ0n) is 13.9. The van der Waals surface area contributed by atoms with Gasteiger partial charge < -0.3 is 10.6 Å². The molecule has 0 bridgehead atoms. The third-order valence-electron chi connectivity index (χ3n) is 3.78. The van der Waals surface area contributed by atoms with Gasteiger partial charge in [0.1, 0.15) is 0 Å². The molecule has 2 rings (SSSR count). The molecule has 23 heavy (non-hydrogen) atoms. The molecule has 0 spiro atoms. The average Bonchev–Trinajstić information content (AvgIpc) is 2.88. The first kappa shape index (κ1) is 17.1. The third-order valence-corrected chi connectivity index (χ3v) is 4.00. The van der Waals surface area contributed by atoms with Gasteiger partial charge in [-0.1, -0.05) is 12.1 Å². The summed E-state index contributed by atoms with van der Waals surface area (Å²) in [6.45, 7) is 8.56. The van der Waals surface area contributed by atoms with Crippen LogP contribution >= 0.6 is 12.2 Å². The van der Waals surface area contributed by atoms with Crippen molar-refractivity contribution in [3.8, 4) is 0 Å². The molecule has 1 aromatic carbocycles. The van der Waals surface area contributed by atoms with Crippen LogP contribution in [0.5, 0.6) is 0 Å². The molecule has 0 aliphatic rings. The summed E-state index contributed by atoms with van der Waals surface area (Å²) in [5, 5.41) is 11.2. The number of anilines is 1. The number of carbonyl (C=O) groups is 1. The molecule has 6 heteroatoms. The number of nitrogens with zero attached hydrogens (tertiary/aromatic N) is 2. The zero-order chi connectivity index (χ0) is 17.0. The van der Waals surface area contributed by atoms with Gasteiger partial charge in [-0.05, 0) is 52.0 Å². The van der Waals surface area contributed by atoms with Crippen LogP contribution in [-0.4, -0.2) is 20.7 Å². The van der Waals surface area contributed by atoms with Gasteiger partial charge in [-0.15, -0.1) is 0 Å². The molecular formula is C17H22N4OS. The number of rotatable bonds is 5. The minimum absolute atomic E-state index is 0.0310. The Hall–Kier alpha value is -2.21. The number of hydrogen-bond acceptors (Lipinski definition) is 3. The number of hydrogen-bond donors (Lipinski definition) is 2. The van der Waals surface area contributed by atoms with Crippen molar-refractivity contribution in [2.45, 2.75) is 40.3 Å². The average molecular weight is 330 g/mol. The van der Waals surface area contributed by atoms with Gasteiger partial charge in [0.15, 0.2) is 10.9 Å². The summed E-state index contributed by atoms with van der Waals surface area (Å²) < 4.78 is 1.96. The van der Waals surface area contributed by atoms with Crippen molar-refractivity contribution in [1.29, 1.82) is 0 Å². The van der Waals surface area contributed by atoms with Crippen LogP contribution in [-0.2, 0) is 6.54 Å². The van der Waals surface area contributed by atoms with E-state index in [-0.39, 0.29) is 11.8 Å². The number of thiocarbonyl (C=S) groups is 1. The Kier molecular flexibility index (Phi) is 5.50. The van der Waals surface area contributed by atoms with Gasteiger partial charge in [-0.3, -0.25) is 9.48 Å². The van der Waals surface area contributed by atoms with Crippen molar-refractivity contribution in [1.82, 2.24) is 15.1 Å². The molecule has 0 saturated carbocycles. The Balaban J connectivity index is 2.02. The van der Waals surface area contributed by atoms with Crippen molar-refractivity contribution in [3.63, 3.8) is 0 Å². The van der Waals surface area contributed by atoms with Crippen LogP contribution in [0.15, 0.2) is 30.5 Å². The Morgan fingerprint density at radius 2 is 2.17 bits per heavy atom. The highest BCUT2D eigenvalue weighted by atomic mass is 32.1. The Labute approximate surface area is 142 Å². The van der Waals surface area contributed by atoms with E-state index in [1.54, 1.807) is 19.1 Å². The molecule has 2 N–H and O–H groups in total. The lowest BCUT2D eigenvalue weighted by molar-refractivity contribution is 0.101. The van der Waals surface area contributed by atoms with E-state index in [4.69, 9.17) is 12.2 Å². The van der Waals surface area contributed by atoms with Crippen LogP contribution in [0.2, 0.25) is 0 Å². The number of benzene rings is 1. The van der Waals surface area contributed by atoms with Gasteiger partial charge in [-0.25, -0.2) is 0 Å². The second kappa shape index (κ2) is 7.37. The van der Waals surface area contributed by atoms with Crippen LogP contribution in [0, 0.1) is 6.92 Å². The lowest BCUT2D eigenvalue weighted by Gasteiger charge is -2.17. The fraction of sp³-hybridized carbons (Fsp3) is 0.353. The Morgan fingerprint density at radius 1 is 1.43 bits per heavy atom. The molecule has 0 amide bonds. The molecule has 0 saturated heterocycles. The standard InChI is InChI=1S/C17H22N4OS/c1-5-21-12(3)16(10-18-21)11(2)19-17(23)20-15-8-6-7-14(9-15)13(4)22/h6-11H,5H2,1-4H3,(H2,19,20,23). The second-order valence-corrected chi connectivity index (χ2v) is 5.87. The molecule has 122 valence electrons. The van der Waals surface area contributed by atoms with E-state index in [2.05, 4.69) is 29.6 Å². The zero-order valence-corrected chi connectivity index (χ0v) is 14.7. The smallest absolute Gasteiger partial charge is 0.171 e. The lowest BCUT2D eigenvalue weighted by atomic mass is 10.1. The predicted octanol–water partition coefficient (Wildman–Crippen LogP) is 3.46. The van der Waals surface area contributed by atoms with Crippen molar-refractivity contribution < 1.29 is 4.79 Å². The molecule has 1 aromatic heterocycles. The van der Waals surface area contributed by atoms with E-state index in [1.165, 1.54) is 0 Å². The van der Waals surface area contributed by atoms with Gasteiger partial charge in [0, 0.05) is 29.1 Å². The quantitative estimate of drug-likeness (QED) is 0.649. The Morgan fingerprint density at radius 3 is 2.78 bits per heavy atom. The number of aromatic nitrogens is 2. The van der Waals surface area contributed by atoms with Crippen LogP contribution in [0.4, 0.5) is 5.69 Å². The first-order valence-electron chi connectivity index (χ1n) is 7.63. The largest absolute Gasteiger partial charge is 0.356 e. The highest BCUT2D eigenvalue weighted by molar-refractivity contribution is 7.80. The van der Waals surface area contributed by atoms with Crippen molar-refractivity contribution in [2.24, 2.45) is 0 Å². The number of carbonyl (C=O) groups excluding carboxylic acids is 1. The summed E-state index contributed by atoms with van der Waals surface area (Å²) in [7, 11) is 0. The SMILES string of the molecule is CCn1ncc(C(C)NC(=S)Nc2cccc(C(C)=O)c2)c1C. The van der Waals surface area contributed by atoms with E-state index in [9.17, 15) is 4.79 Å². The number of nitrogens with one attached hydrogen (secondary N) is 2. The van der Waals surface area contributed by atoms with Crippen LogP contribution in [0.3, 0.4) is 0 Å². The van der Waals surface area contributed by atoms with Gasteiger partial charge in [0.2, 0.25) is 0 Å². The summed E-state index contributed by atoms with van der Waals surface area (Å²) in [6.07, 6.45) is 1.87. The summed E-state index contributed by atoms with van der Waals surface area (Å²) in [5.74, 6) is 0.0310. The summed E-state index contributed by atoms with van der Waals surface area (Å²) in [6, 6.07) is 7.34. The van der Waals surface area contributed by atoms with Gasteiger partial charge in [-0.2, -0.15) is 5.10 Å². The number of ketones is 1. The first-order chi connectivity index (χ1) is 10.9. The topological polar surface area (TPSA) is 59.0 Å². The van der Waals surface area contributed by atoms with E-state index < -0.39 is 0 Å². The van der Waals surface area contributed by atoms with E-state index >= 15 is 0 Å². The monoisotopic (exact) mass is 330 g/mol. The molecule has 0 aliphatic heterocycles. The molecule has 5 nitrogen and oxygen atoms in total. The molecule has 1 unspecified atom stereocenters. The third kappa shape index (κ3) is 4.16. The van der Waals surface area contributed by atoms with E-state index in [0.717, 1.165) is 23.5 Å². The van der Waals surface area contributed by atoms with E-state index in [1.807, 2.05) is 29.9 Å². The maximum atomic E-state index is 11.4. The van der Waals surface area contributed by atoms with Gasteiger partial charge in [0.25, 0.3) is 0 Å². The molecule has 0 fully saturated rings. The summed E-state index contributed by atoms with van der Waals surface area (Å²) >= 11 is 5.37. The van der Waals surface area contributed by atoms with E-state index in [0.29, 0.717) is 10.7 Å². The van der Waals surface area contributed by atoms with Crippen molar-refractivity contribution >= 4 is 28.8 Å². The Bertz CT molecular complexity index is 723. The van der Waals surface area contributed by atoms with Crippen molar-refractivity contribution in [2.75, 3.05) is 5.32 Å². The van der Waals surface area contributed by atoms with Crippen LogP contribution in [0.25, 0.3) is 0 Å². The number of aryl methyl sites for hydroxylation is 1. The minimum atomic E-state index is 0.0310. The van der Waals surface area contributed by atoms with Crippen LogP contribution in [0.1, 0.15) is 48.4 Å². The normalized spacial score (nSPS) is 11.8. The fourth-order valence-electron chi connectivity index (χ4n) is 2.46. The van der Waals surface area contributed by atoms with Crippen LogP contribution < -0.4 is 10.6 Å². The molecule has 0 aliphatic carbocycles. The molecule has 0 radical (unpaired) electrons. The molecule has 1 heterocycles.